The van der Waals surface area contributed by atoms with E-state index in [2.05, 4.69) is 15.9 Å². The summed E-state index contributed by atoms with van der Waals surface area (Å²) in [5.41, 5.74) is 0. The normalized spacial score (nSPS) is 10.0. The first kappa shape index (κ1) is 16.5. The van der Waals surface area contributed by atoms with Crippen LogP contribution < -0.4 is 4.74 Å². The van der Waals surface area contributed by atoms with E-state index < -0.39 is 0 Å². The van der Waals surface area contributed by atoms with Crippen molar-refractivity contribution in [1.29, 1.82) is 0 Å². The number of ether oxygens (including phenoxy) is 1. The Bertz CT molecular complexity index is 460. The molecule has 0 aromatic heterocycles. The summed E-state index contributed by atoms with van der Waals surface area (Å²) >= 11 is 3.34. The maximum atomic E-state index is 11.8. The van der Waals surface area contributed by atoms with Crippen molar-refractivity contribution in [2.24, 2.45) is 0 Å². The fraction of sp³-hybridized carbons (Fsp3) is 0.429. The van der Waals surface area contributed by atoms with Crippen molar-refractivity contribution in [2.45, 2.75) is 6.42 Å². The summed E-state index contributed by atoms with van der Waals surface area (Å²) in [6, 6.07) is 7.40. The molecule has 0 aliphatic heterocycles. The second-order valence-corrected chi connectivity index (χ2v) is 5.51. The molecule has 5 nitrogen and oxygen atoms in total. The molecule has 0 atom stereocenters. The van der Waals surface area contributed by atoms with Crippen molar-refractivity contribution in [2.75, 3.05) is 34.3 Å². The Balaban J connectivity index is 2.32. The first-order valence-electron chi connectivity index (χ1n) is 6.22. The molecule has 2 amide bonds. The van der Waals surface area contributed by atoms with Gasteiger partial charge in [-0.2, -0.15) is 0 Å². The number of hydrogen-bond acceptors (Lipinski definition) is 3. The van der Waals surface area contributed by atoms with Crippen LogP contribution in [-0.4, -0.2) is 55.9 Å². The van der Waals surface area contributed by atoms with Crippen molar-refractivity contribution < 1.29 is 14.3 Å². The lowest BCUT2D eigenvalue weighted by Gasteiger charge is -2.19. The molecule has 1 aromatic carbocycles. The summed E-state index contributed by atoms with van der Waals surface area (Å²) in [7, 11) is 4.94. The zero-order valence-electron chi connectivity index (χ0n) is 11.9. The number of nitrogens with zero attached hydrogens (tertiary/aromatic N) is 2. The van der Waals surface area contributed by atoms with Gasteiger partial charge in [0.05, 0.1) is 19.6 Å². The maximum absolute atomic E-state index is 11.8. The van der Waals surface area contributed by atoms with E-state index in [1.807, 2.05) is 24.3 Å². The van der Waals surface area contributed by atoms with Gasteiger partial charge in [0, 0.05) is 25.6 Å². The lowest BCUT2D eigenvalue weighted by molar-refractivity contribution is -0.138. The Morgan fingerprint density at radius 3 is 2.25 bits per heavy atom. The van der Waals surface area contributed by atoms with Crippen molar-refractivity contribution in [3.8, 4) is 5.75 Å². The first-order chi connectivity index (χ1) is 9.40. The van der Waals surface area contributed by atoms with Crippen LogP contribution in [0, 0.1) is 0 Å². The molecule has 0 heterocycles. The third-order valence-corrected chi connectivity index (χ3v) is 3.22. The van der Waals surface area contributed by atoms with E-state index in [1.165, 1.54) is 9.80 Å². The molecule has 0 radical (unpaired) electrons. The first-order valence-corrected chi connectivity index (χ1v) is 7.02. The van der Waals surface area contributed by atoms with Crippen molar-refractivity contribution in [3.63, 3.8) is 0 Å². The monoisotopic (exact) mass is 342 g/mol. The second kappa shape index (κ2) is 7.89. The Kier molecular flexibility index (Phi) is 6.51. The molecule has 0 N–H and O–H groups in total. The van der Waals surface area contributed by atoms with Crippen molar-refractivity contribution in [3.05, 3.63) is 28.7 Å². The van der Waals surface area contributed by atoms with Crippen LogP contribution in [0.4, 0.5) is 0 Å². The van der Waals surface area contributed by atoms with Gasteiger partial charge in [0.25, 0.3) is 0 Å². The zero-order chi connectivity index (χ0) is 15.1. The van der Waals surface area contributed by atoms with Crippen LogP contribution in [0.25, 0.3) is 0 Å². The number of carbonyl (C=O) groups excluding carboxylic acids is 2. The summed E-state index contributed by atoms with van der Waals surface area (Å²) in [6.45, 7) is 0.380. The number of amides is 2. The number of likely N-dealkylation sites (N-methyl/N-ethyl adjacent to an activating group) is 2. The number of hydrogen-bond donors (Lipinski definition) is 0. The predicted molar refractivity (Wildman–Crippen MR) is 80.6 cm³/mol. The maximum Gasteiger partial charge on any atom is 0.241 e. The van der Waals surface area contributed by atoms with Gasteiger partial charge in [-0.3, -0.25) is 9.59 Å². The number of carbonyl (C=O) groups is 2. The molecule has 1 aromatic rings. The van der Waals surface area contributed by atoms with Gasteiger partial charge in [0.1, 0.15) is 5.75 Å². The largest absolute Gasteiger partial charge is 0.493 e. The smallest absolute Gasteiger partial charge is 0.241 e. The molecule has 0 spiro atoms. The molecule has 0 unspecified atom stereocenters. The van der Waals surface area contributed by atoms with Crippen LogP contribution in [-0.2, 0) is 9.59 Å². The molecule has 0 saturated carbocycles. The van der Waals surface area contributed by atoms with E-state index >= 15 is 0 Å². The molecular weight excluding hydrogens is 324 g/mol. The molecule has 1 rings (SSSR count). The van der Waals surface area contributed by atoms with Crippen LogP contribution in [0.15, 0.2) is 28.7 Å². The third-order valence-electron chi connectivity index (χ3n) is 2.70. The quantitative estimate of drug-likeness (QED) is 0.791. The molecule has 110 valence electrons. The number of rotatable bonds is 6. The fourth-order valence-corrected chi connectivity index (χ4v) is 1.67. The molecule has 0 bridgehead atoms. The third kappa shape index (κ3) is 5.61. The highest BCUT2D eigenvalue weighted by Crippen LogP contribution is 2.16. The molecule has 0 aliphatic carbocycles. The van der Waals surface area contributed by atoms with Crippen molar-refractivity contribution >= 4 is 27.7 Å². The van der Waals surface area contributed by atoms with Crippen LogP contribution in [0.1, 0.15) is 6.42 Å². The average Bonchev–Trinajstić information content (AvgIpc) is 2.40. The highest BCUT2D eigenvalue weighted by molar-refractivity contribution is 9.10. The minimum atomic E-state index is -0.114. The van der Waals surface area contributed by atoms with Gasteiger partial charge >= 0.3 is 0 Å². The molecule has 0 aliphatic rings. The standard InChI is InChI=1S/C14H19BrN2O3/c1-16(2)14(19)10-17(3)13(18)8-9-20-12-6-4-11(15)5-7-12/h4-7H,8-10H2,1-3H3. The molecule has 6 heteroatoms. The zero-order valence-corrected chi connectivity index (χ0v) is 13.5. The lowest BCUT2D eigenvalue weighted by atomic mass is 10.3. The molecular formula is C14H19BrN2O3. The topological polar surface area (TPSA) is 49.9 Å². The summed E-state index contributed by atoms with van der Waals surface area (Å²) in [5, 5.41) is 0. The van der Waals surface area contributed by atoms with Gasteiger partial charge in [-0.1, -0.05) is 15.9 Å². The SMILES string of the molecule is CN(C)C(=O)CN(C)C(=O)CCOc1ccc(Br)cc1. The fourth-order valence-electron chi connectivity index (χ4n) is 1.41. The van der Waals surface area contributed by atoms with E-state index in [1.54, 1.807) is 21.1 Å². The Hall–Kier alpha value is -1.56. The summed E-state index contributed by atoms with van der Waals surface area (Å²) in [5.74, 6) is 0.500. The number of halogens is 1. The number of benzene rings is 1. The Morgan fingerprint density at radius 2 is 1.70 bits per heavy atom. The summed E-state index contributed by atoms with van der Waals surface area (Å²) < 4.78 is 6.45. The average molecular weight is 343 g/mol. The van der Waals surface area contributed by atoms with Crippen LogP contribution >= 0.6 is 15.9 Å². The highest BCUT2D eigenvalue weighted by Gasteiger charge is 2.13. The van der Waals surface area contributed by atoms with Crippen LogP contribution in [0.5, 0.6) is 5.75 Å². The minimum absolute atomic E-state index is 0.0874. The molecule has 0 fully saturated rings. The lowest BCUT2D eigenvalue weighted by Crippen LogP contribution is -2.38. The van der Waals surface area contributed by atoms with Gasteiger partial charge < -0.3 is 14.5 Å². The van der Waals surface area contributed by atoms with E-state index in [4.69, 9.17) is 4.74 Å². The summed E-state index contributed by atoms with van der Waals surface area (Å²) in [6.07, 6.45) is 0.243. The second-order valence-electron chi connectivity index (χ2n) is 4.59. The van der Waals surface area contributed by atoms with Gasteiger partial charge in [-0.15, -0.1) is 0 Å². The van der Waals surface area contributed by atoms with Gasteiger partial charge in [-0.05, 0) is 24.3 Å². The van der Waals surface area contributed by atoms with Gasteiger partial charge in [-0.25, -0.2) is 0 Å². The molecule has 0 saturated heterocycles. The van der Waals surface area contributed by atoms with E-state index in [0.717, 1.165) is 4.47 Å². The summed E-state index contributed by atoms with van der Waals surface area (Å²) in [4.78, 5) is 26.2. The minimum Gasteiger partial charge on any atom is -0.493 e. The highest BCUT2D eigenvalue weighted by atomic mass is 79.9. The van der Waals surface area contributed by atoms with Crippen molar-refractivity contribution in [1.82, 2.24) is 9.80 Å². The van der Waals surface area contributed by atoms with E-state index in [9.17, 15) is 9.59 Å². The predicted octanol–water partition coefficient (Wildman–Crippen LogP) is 1.76. The molecule has 20 heavy (non-hydrogen) atoms. The van der Waals surface area contributed by atoms with Gasteiger partial charge in [0.15, 0.2) is 0 Å². The van der Waals surface area contributed by atoms with Crippen LogP contribution in [0.3, 0.4) is 0 Å². The van der Waals surface area contributed by atoms with E-state index in [-0.39, 0.29) is 24.8 Å². The van der Waals surface area contributed by atoms with Crippen LogP contribution in [0.2, 0.25) is 0 Å². The van der Waals surface area contributed by atoms with E-state index in [0.29, 0.717) is 12.4 Å². The van der Waals surface area contributed by atoms with Gasteiger partial charge in [0.2, 0.25) is 11.8 Å². The Labute approximate surface area is 127 Å². The Morgan fingerprint density at radius 1 is 1.10 bits per heavy atom.